The molecule has 3 amide bonds. The summed E-state index contributed by atoms with van der Waals surface area (Å²) in [6.45, 7) is 5.09. The van der Waals surface area contributed by atoms with Gasteiger partial charge >= 0.3 is 6.03 Å². The van der Waals surface area contributed by atoms with Gasteiger partial charge in [-0.3, -0.25) is 10.1 Å². The van der Waals surface area contributed by atoms with Gasteiger partial charge in [-0.2, -0.15) is 0 Å². The van der Waals surface area contributed by atoms with Crippen molar-refractivity contribution in [1.82, 2.24) is 19.8 Å². The van der Waals surface area contributed by atoms with Crippen LogP contribution in [0.2, 0.25) is 0 Å². The molecule has 98 valence electrons. The first kappa shape index (κ1) is 12.6. The van der Waals surface area contributed by atoms with Crippen LogP contribution in [-0.4, -0.2) is 38.5 Å². The molecule has 6 heteroatoms. The molecule has 0 spiro atoms. The molecule has 18 heavy (non-hydrogen) atoms. The maximum atomic E-state index is 11.8. The van der Waals surface area contributed by atoms with Crippen LogP contribution in [0.15, 0.2) is 18.7 Å². The molecule has 1 aromatic rings. The fraction of sp³-hybridized carbons (Fsp3) is 0.583. The monoisotopic (exact) mass is 250 g/mol. The molecule has 1 aliphatic heterocycles. The van der Waals surface area contributed by atoms with Crippen LogP contribution in [0.5, 0.6) is 0 Å². The van der Waals surface area contributed by atoms with E-state index in [-0.39, 0.29) is 11.9 Å². The van der Waals surface area contributed by atoms with E-state index in [1.807, 2.05) is 24.6 Å². The van der Waals surface area contributed by atoms with Gasteiger partial charge in [0.15, 0.2) is 0 Å². The quantitative estimate of drug-likeness (QED) is 0.792. The van der Waals surface area contributed by atoms with Crippen LogP contribution in [0, 0.1) is 0 Å². The molecule has 1 fully saturated rings. The maximum absolute atomic E-state index is 11.8. The Hall–Kier alpha value is -1.85. The predicted octanol–water partition coefficient (Wildman–Crippen LogP) is 0.994. The van der Waals surface area contributed by atoms with Crippen molar-refractivity contribution in [1.29, 1.82) is 0 Å². The third-order valence-electron chi connectivity index (χ3n) is 3.60. The zero-order chi connectivity index (χ0) is 13.2. The number of carbonyl (C=O) groups excluding carboxylic acids is 2. The Morgan fingerprint density at radius 3 is 2.78 bits per heavy atom. The number of imide groups is 1. The summed E-state index contributed by atoms with van der Waals surface area (Å²) in [5.74, 6) is -0.197. The lowest BCUT2D eigenvalue weighted by molar-refractivity contribution is -0.126. The van der Waals surface area contributed by atoms with E-state index in [0.717, 1.165) is 13.0 Å². The average Bonchev–Trinajstić information content (AvgIpc) is 2.92. The molecule has 2 rings (SSSR count). The highest BCUT2D eigenvalue weighted by Gasteiger charge is 2.47. The van der Waals surface area contributed by atoms with E-state index in [1.54, 1.807) is 17.4 Å². The van der Waals surface area contributed by atoms with Gasteiger partial charge in [-0.25, -0.2) is 9.78 Å². The number of hydrogen-bond acceptors (Lipinski definition) is 3. The Kier molecular flexibility index (Phi) is 3.36. The number of urea groups is 1. The van der Waals surface area contributed by atoms with Crippen molar-refractivity contribution in [2.75, 3.05) is 6.54 Å². The summed E-state index contributed by atoms with van der Waals surface area (Å²) in [5, 5.41) is 2.38. The third-order valence-corrected chi connectivity index (χ3v) is 3.60. The summed E-state index contributed by atoms with van der Waals surface area (Å²) in [4.78, 5) is 29.1. The largest absolute Gasteiger partial charge is 0.337 e. The Morgan fingerprint density at radius 1 is 1.39 bits per heavy atom. The highest BCUT2D eigenvalue weighted by atomic mass is 16.2. The van der Waals surface area contributed by atoms with E-state index in [1.165, 1.54) is 0 Å². The smallest absolute Gasteiger partial charge is 0.325 e. The van der Waals surface area contributed by atoms with E-state index in [0.29, 0.717) is 13.0 Å². The maximum Gasteiger partial charge on any atom is 0.325 e. The summed E-state index contributed by atoms with van der Waals surface area (Å²) in [6, 6.07) is -0.282. The van der Waals surface area contributed by atoms with Gasteiger partial charge in [0.05, 0.1) is 6.33 Å². The number of aryl methyl sites for hydroxylation is 1. The average molecular weight is 250 g/mol. The number of nitrogens with zero attached hydrogens (tertiary/aromatic N) is 3. The predicted molar refractivity (Wildman–Crippen MR) is 65.8 cm³/mol. The van der Waals surface area contributed by atoms with Gasteiger partial charge in [0, 0.05) is 25.5 Å². The summed E-state index contributed by atoms with van der Waals surface area (Å²) in [6.07, 6.45) is 6.77. The highest BCUT2D eigenvalue weighted by molar-refractivity contribution is 6.06. The zero-order valence-corrected chi connectivity index (χ0v) is 10.7. The van der Waals surface area contributed by atoms with Crippen molar-refractivity contribution in [2.24, 2.45) is 0 Å². The molecule has 2 heterocycles. The SMILES string of the molecule is CCC1(C)C(=O)NC(=O)N1CCCn1ccnc1. The minimum atomic E-state index is -0.702. The number of imidazole rings is 1. The Bertz CT molecular complexity index is 443. The fourth-order valence-corrected chi connectivity index (χ4v) is 2.18. The number of amides is 3. The lowest BCUT2D eigenvalue weighted by Crippen LogP contribution is -2.47. The summed E-state index contributed by atoms with van der Waals surface area (Å²) < 4.78 is 1.96. The highest BCUT2D eigenvalue weighted by Crippen LogP contribution is 2.25. The van der Waals surface area contributed by atoms with Crippen LogP contribution < -0.4 is 5.32 Å². The molecule has 1 unspecified atom stereocenters. The van der Waals surface area contributed by atoms with Crippen LogP contribution >= 0.6 is 0 Å². The molecule has 6 nitrogen and oxygen atoms in total. The van der Waals surface area contributed by atoms with Crippen molar-refractivity contribution in [3.8, 4) is 0 Å². The fourth-order valence-electron chi connectivity index (χ4n) is 2.18. The lowest BCUT2D eigenvalue weighted by atomic mass is 9.97. The molecule has 1 atom stereocenters. The number of aromatic nitrogens is 2. The molecule has 1 aromatic heterocycles. The molecular weight excluding hydrogens is 232 g/mol. The Morgan fingerprint density at radius 2 is 2.17 bits per heavy atom. The lowest BCUT2D eigenvalue weighted by Gasteiger charge is -2.30. The molecule has 0 saturated carbocycles. The van der Waals surface area contributed by atoms with E-state index >= 15 is 0 Å². The molecule has 0 bridgehead atoms. The second-order valence-electron chi connectivity index (χ2n) is 4.69. The van der Waals surface area contributed by atoms with E-state index in [2.05, 4.69) is 10.3 Å². The number of hydrogen-bond donors (Lipinski definition) is 1. The van der Waals surface area contributed by atoms with E-state index in [4.69, 9.17) is 0 Å². The third kappa shape index (κ3) is 2.10. The number of nitrogens with one attached hydrogen (secondary N) is 1. The Balaban J connectivity index is 1.95. The number of carbonyl (C=O) groups is 2. The summed E-state index contributed by atoms with van der Waals surface area (Å²) >= 11 is 0. The van der Waals surface area contributed by atoms with Crippen LogP contribution in [0.1, 0.15) is 26.7 Å². The topological polar surface area (TPSA) is 67.2 Å². The normalized spacial score (nSPS) is 23.6. The van der Waals surface area contributed by atoms with Crippen molar-refractivity contribution in [3.63, 3.8) is 0 Å². The number of rotatable bonds is 5. The van der Waals surface area contributed by atoms with E-state index in [9.17, 15) is 9.59 Å². The molecule has 0 aromatic carbocycles. The molecule has 1 N–H and O–H groups in total. The Labute approximate surface area is 106 Å². The second kappa shape index (κ2) is 4.80. The molecular formula is C12H18N4O2. The molecule has 1 aliphatic rings. The minimum Gasteiger partial charge on any atom is -0.337 e. The minimum absolute atomic E-state index is 0.197. The van der Waals surface area contributed by atoms with Crippen LogP contribution in [0.25, 0.3) is 0 Å². The molecule has 0 aliphatic carbocycles. The van der Waals surface area contributed by atoms with E-state index < -0.39 is 5.54 Å². The van der Waals surface area contributed by atoms with Crippen LogP contribution in [-0.2, 0) is 11.3 Å². The zero-order valence-electron chi connectivity index (χ0n) is 10.7. The van der Waals surface area contributed by atoms with Gasteiger partial charge in [0.1, 0.15) is 5.54 Å². The summed E-state index contributed by atoms with van der Waals surface area (Å²) in [5.41, 5.74) is -0.702. The molecule has 0 radical (unpaired) electrons. The second-order valence-corrected chi connectivity index (χ2v) is 4.69. The van der Waals surface area contributed by atoms with Gasteiger partial charge in [-0.1, -0.05) is 6.92 Å². The van der Waals surface area contributed by atoms with Gasteiger partial charge in [0.25, 0.3) is 5.91 Å². The first-order chi connectivity index (χ1) is 8.58. The van der Waals surface area contributed by atoms with Crippen LogP contribution in [0.3, 0.4) is 0 Å². The van der Waals surface area contributed by atoms with Gasteiger partial charge in [-0.05, 0) is 19.8 Å². The van der Waals surface area contributed by atoms with Crippen molar-refractivity contribution >= 4 is 11.9 Å². The van der Waals surface area contributed by atoms with Gasteiger partial charge in [0.2, 0.25) is 0 Å². The van der Waals surface area contributed by atoms with Crippen molar-refractivity contribution in [2.45, 2.75) is 38.8 Å². The van der Waals surface area contributed by atoms with Gasteiger partial charge in [-0.15, -0.1) is 0 Å². The molecule has 1 saturated heterocycles. The van der Waals surface area contributed by atoms with Crippen LogP contribution in [0.4, 0.5) is 4.79 Å². The standard InChI is InChI=1S/C12H18N4O2/c1-3-12(2)10(17)14-11(18)16(12)7-4-6-15-8-5-13-9-15/h5,8-9H,3-4,6-7H2,1-2H3,(H,14,17,18). The van der Waals surface area contributed by atoms with Crippen molar-refractivity contribution in [3.05, 3.63) is 18.7 Å². The first-order valence-electron chi connectivity index (χ1n) is 6.16. The first-order valence-corrected chi connectivity index (χ1v) is 6.16. The van der Waals surface area contributed by atoms with Crippen molar-refractivity contribution < 1.29 is 9.59 Å². The van der Waals surface area contributed by atoms with Gasteiger partial charge < -0.3 is 9.47 Å². The summed E-state index contributed by atoms with van der Waals surface area (Å²) in [7, 11) is 0.